The molecule has 150 valence electrons. The lowest BCUT2D eigenvalue weighted by Crippen LogP contribution is -2.42. The maximum absolute atomic E-state index is 12.4. The summed E-state index contributed by atoms with van der Waals surface area (Å²) < 4.78 is 1.39. The molecule has 0 fully saturated rings. The Bertz CT molecular complexity index is 1010. The fraction of sp³-hybridized carbons (Fsp3) is 0.167. The van der Waals surface area contributed by atoms with Crippen LogP contribution in [0.4, 0.5) is 5.69 Å². The predicted octanol–water partition coefficient (Wildman–Crippen LogP) is 2.19. The Kier molecular flexibility index (Phi) is 6.76. The molecule has 2 aromatic heterocycles. The van der Waals surface area contributed by atoms with Crippen LogP contribution in [0.15, 0.2) is 48.9 Å². The average Bonchev–Trinajstić information content (AvgIpc) is 3.12. The van der Waals surface area contributed by atoms with Gasteiger partial charge in [-0.15, -0.1) is 5.10 Å². The highest BCUT2D eigenvalue weighted by Crippen LogP contribution is 2.24. The average molecular weight is 435 g/mol. The molecule has 3 N–H and O–H groups in total. The van der Waals surface area contributed by atoms with E-state index in [1.54, 1.807) is 42.7 Å². The minimum Gasteiger partial charge on any atom is -0.480 e. The van der Waals surface area contributed by atoms with Crippen LogP contribution in [0.1, 0.15) is 5.56 Å². The largest absolute Gasteiger partial charge is 0.480 e. The van der Waals surface area contributed by atoms with Crippen molar-refractivity contribution in [1.82, 2.24) is 25.3 Å². The zero-order valence-electron chi connectivity index (χ0n) is 14.9. The third-order valence-electron chi connectivity index (χ3n) is 3.94. The molecule has 0 aliphatic rings. The monoisotopic (exact) mass is 434 g/mol. The first kappa shape index (κ1) is 20.7. The number of nitrogens with one attached hydrogen (secondary N) is 2. The lowest BCUT2D eigenvalue weighted by molar-refractivity contribution is -0.139. The van der Waals surface area contributed by atoms with Gasteiger partial charge in [-0.05, 0) is 42.3 Å². The number of benzene rings is 1. The number of anilines is 1. The third kappa shape index (κ3) is 5.74. The molecular formula is C18H16Cl2N6O3. The van der Waals surface area contributed by atoms with Gasteiger partial charge in [0.25, 0.3) is 0 Å². The van der Waals surface area contributed by atoms with Gasteiger partial charge in [0.05, 0.1) is 24.1 Å². The Morgan fingerprint density at radius 3 is 2.59 bits per heavy atom. The third-order valence-corrected chi connectivity index (χ3v) is 4.35. The Labute approximate surface area is 175 Å². The van der Waals surface area contributed by atoms with E-state index in [0.29, 0.717) is 16.4 Å². The Morgan fingerprint density at radius 2 is 1.93 bits per heavy atom. The number of halogens is 2. The predicted molar refractivity (Wildman–Crippen MR) is 107 cm³/mol. The molecule has 29 heavy (non-hydrogen) atoms. The van der Waals surface area contributed by atoms with Crippen LogP contribution in [0.2, 0.25) is 10.2 Å². The fourth-order valence-corrected chi connectivity index (χ4v) is 2.88. The maximum Gasteiger partial charge on any atom is 0.321 e. The Balaban J connectivity index is 1.67. The molecule has 9 nitrogen and oxygen atoms in total. The van der Waals surface area contributed by atoms with E-state index in [1.807, 2.05) is 0 Å². The number of aromatic nitrogens is 4. The summed E-state index contributed by atoms with van der Waals surface area (Å²) in [4.78, 5) is 27.8. The van der Waals surface area contributed by atoms with Crippen molar-refractivity contribution in [2.24, 2.45) is 0 Å². The van der Waals surface area contributed by atoms with Crippen LogP contribution < -0.4 is 10.6 Å². The molecule has 0 aliphatic heterocycles. The van der Waals surface area contributed by atoms with Crippen LogP contribution in [0, 0.1) is 0 Å². The maximum atomic E-state index is 12.4. The molecule has 0 spiro atoms. The van der Waals surface area contributed by atoms with Crippen LogP contribution in [-0.4, -0.2) is 49.5 Å². The Morgan fingerprint density at radius 1 is 1.17 bits per heavy atom. The van der Waals surface area contributed by atoms with E-state index >= 15 is 0 Å². The summed E-state index contributed by atoms with van der Waals surface area (Å²) in [6, 6.07) is 7.35. The van der Waals surface area contributed by atoms with Crippen molar-refractivity contribution in [3.63, 3.8) is 0 Å². The van der Waals surface area contributed by atoms with Crippen molar-refractivity contribution in [3.05, 3.63) is 64.7 Å². The van der Waals surface area contributed by atoms with Crippen LogP contribution in [0.25, 0.3) is 5.69 Å². The molecule has 1 aromatic carbocycles. The number of carbonyl (C=O) groups is 2. The van der Waals surface area contributed by atoms with Crippen LogP contribution in [0.5, 0.6) is 0 Å². The second-order valence-electron chi connectivity index (χ2n) is 6.03. The molecule has 0 bridgehead atoms. The van der Waals surface area contributed by atoms with E-state index in [1.165, 1.54) is 10.9 Å². The topological polar surface area (TPSA) is 122 Å². The molecular weight excluding hydrogens is 419 g/mol. The quantitative estimate of drug-likeness (QED) is 0.496. The van der Waals surface area contributed by atoms with E-state index in [4.69, 9.17) is 23.2 Å². The van der Waals surface area contributed by atoms with Crippen molar-refractivity contribution in [2.45, 2.75) is 12.5 Å². The normalized spacial score (nSPS) is 11.8. The number of amides is 1. The van der Waals surface area contributed by atoms with Gasteiger partial charge in [-0.1, -0.05) is 28.4 Å². The van der Waals surface area contributed by atoms with Crippen molar-refractivity contribution >= 4 is 40.8 Å². The molecule has 1 atom stereocenters. The minimum atomic E-state index is -1.06. The van der Waals surface area contributed by atoms with Gasteiger partial charge in [0, 0.05) is 17.4 Å². The fourth-order valence-electron chi connectivity index (χ4n) is 2.58. The molecule has 1 amide bonds. The van der Waals surface area contributed by atoms with Gasteiger partial charge in [0.1, 0.15) is 6.04 Å². The van der Waals surface area contributed by atoms with Gasteiger partial charge in [-0.3, -0.25) is 19.9 Å². The van der Waals surface area contributed by atoms with Crippen molar-refractivity contribution in [3.8, 4) is 5.69 Å². The highest BCUT2D eigenvalue weighted by molar-refractivity contribution is 6.31. The van der Waals surface area contributed by atoms with Gasteiger partial charge >= 0.3 is 5.97 Å². The molecule has 2 heterocycles. The molecule has 11 heteroatoms. The smallest absolute Gasteiger partial charge is 0.321 e. The number of rotatable bonds is 8. The van der Waals surface area contributed by atoms with Crippen molar-refractivity contribution < 1.29 is 14.7 Å². The van der Waals surface area contributed by atoms with Crippen LogP contribution in [-0.2, 0) is 16.0 Å². The number of pyridine rings is 1. The summed E-state index contributed by atoms with van der Waals surface area (Å²) in [5, 5.41) is 23.0. The zero-order valence-corrected chi connectivity index (χ0v) is 16.4. The summed E-state index contributed by atoms with van der Waals surface area (Å²) in [5.74, 6) is -1.50. The van der Waals surface area contributed by atoms with Crippen molar-refractivity contribution in [1.29, 1.82) is 0 Å². The Hall–Kier alpha value is -3.01. The second-order valence-corrected chi connectivity index (χ2v) is 6.85. The SMILES string of the molecule is O=C(CNC(Cc1ccncc1)C(=O)O)Nc1cc(Cl)ccc1-n1cc(Cl)nn1. The van der Waals surface area contributed by atoms with Crippen LogP contribution >= 0.6 is 23.2 Å². The van der Waals surface area contributed by atoms with Gasteiger partial charge in [0.15, 0.2) is 5.15 Å². The van der Waals surface area contributed by atoms with Gasteiger partial charge in [-0.25, -0.2) is 4.68 Å². The first-order valence-electron chi connectivity index (χ1n) is 8.45. The highest BCUT2D eigenvalue weighted by Gasteiger charge is 2.19. The highest BCUT2D eigenvalue weighted by atomic mass is 35.5. The van der Waals surface area contributed by atoms with E-state index in [9.17, 15) is 14.7 Å². The molecule has 0 radical (unpaired) electrons. The van der Waals surface area contributed by atoms with Crippen molar-refractivity contribution in [2.75, 3.05) is 11.9 Å². The molecule has 0 saturated heterocycles. The number of carbonyl (C=O) groups excluding carboxylic acids is 1. The van der Waals surface area contributed by atoms with E-state index in [-0.39, 0.29) is 18.1 Å². The molecule has 3 rings (SSSR count). The number of carboxylic acid groups (broad SMARTS) is 1. The lowest BCUT2D eigenvalue weighted by Gasteiger charge is -2.15. The van der Waals surface area contributed by atoms with E-state index in [2.05, 4.69) is 25.9 Å². The minimum absolute atomic E-state index is 0.194. The molecule has 3 aromatic rings. The zero-order chi connectivity index (χ0) is 20.8. The summed E-state index contributed by atoms with van der Waals surface area (Å²) in [6.07, 6.45) is 4.86. The molecule has 0 aliphatic carbocycles. The van der Waals surface area contributed by atoms with E-state index in [0.717, 1.165) is 5.56 Å². The number of hydrogen-bond acceptors (Lipinski definition) is 6. The van der Waals surface area contributed by atoms with Crippen LogP contribution in [0.3, 0.4) is 0 Å². The summed E-state index contributed by atoms with van der Waals surface area (Å²) in [7, 11) is 0. The number of nitrogens with zero attached hydrogens (tertiary/aromatic N) is 4. The summed E-state index contributed by atoms with van der Waals surface area (Å²) in [6.45, 7) is -0.216. The number of aliphatic carboxylic acids is 1. The second kappa shape index (κ2) is 9.46. The lowest BCUT2D eigenvalue weighted by atomic mass is 10.1. The first-order valence-corrected chi connectivity index (χ1v) is 9.20. The van der Waals surface area contributed by atoms with Gasteiger partial charge in [0.2, 0.25) is 5.91 Å². The van der Waals surface area contributed by atoms with E-state index < -0.39 is 17.9 Å². The first-order chi connectivity index (χ1) is 13.9. The molecule has 1 unspecified atom stereocenters. The number of hydrogen-bond donors (Lipinski definition) is 3. The van der Waals surface area contributed by atoms with Gasteiger partial charge in [-0.2, -0.15) is 0 Å². The summed E-state index contributed by atoms with van der Waals surface area (Å²) in [5.41, 5.74) is 1.68. The number of carboxylic acids is 1. The standard InChI is InChI=1S/C18H16Cl2N6O3/c19-12-1-2-15(26-10-16(20)24-25-26)13(8-12)23-17(27)9-22-14(18(28)29)7-11-3-5-21-6-4-11/h1-6,8,10,14,22H,7,9H2,(H,23,27)(H,28,29). The van der Waals surface area contributed by atoms with Gasteiger partial charge < -0.3 is 10.4 Å². The summed E-state index contributed by atoms with van der Waals surface area (Å²) >= 11 is 11.8. The molecule has 0 saturated carbocycles.